The predicted octanol–water partition coefficient (Wildman–Crippen LogP) is -0.979. The van der Waals surface area contributed by atoms with Crippen molar-refractivity contribution < 1.29 is 54.4 Å². The monoisotopic (exact) mass is 456 g/mol. The van der Waals surface area contributed by atoms with Gasteiger partial charge in [-0.25, -0.2) is 14.8 Å². The van der Waals surface area contributed by atoms with E-state index >= 15 is 0 Å². The second-order valence-corrected chi connectivity index (χ2v) is 7.53. The van der Waals surface area contributed by atoms with Crippen LogP contribution in [0.1, 0.15) is 15.9 Å². The number of aliphatic imine (C=N–C) groups is 1. The molecule has 10 heteroatoms. The quantitative estimate of drug-likeness (QED) is 0.124. The molecule has 2 N–H and O–H groups in total. The Hall–Kier alpha value is -2.98. The number of hydrogen-bond donors (Lipinski definition) is 2. The molecule has 9 nitrogen and oxygen atoms in total. The number of benzene rings is 3. The van der Waals surface area contributed by atoms with Crippen LogP contribution in [-0.4, -0.2) is 71.2 Å². The summed E-state index contributed by atoms with van der Waals surface area (Å²) < 4.78 is 5.20. The van der Waals surface area contributed by atoms with Crippen molar-refractivity contribution in [3.63, 3.8) is 0 Å². The third kappa shape index (κ3) is 4.58. The first-order valence-corrected chi connectivity index (χ1v) is 9.84. The first-order chi connectivity index (χ1) is 15.3. The van der Waals surface area contributed by atoms with Crippen LogP contribution in [0.2, 0.25) is 0 Å². The summed E-state index contributed by atoms with van der Waals surface area (Å²) >= 11 is 0. The molecule has 4 rings (SSSR count). The fraction of sp³-hybridized carbons (Fsp3) is 0.217. The molecule has 0 aliphatic rings. The molecule has 0 spiro atoms. The van der Waals surface area contributed by atoms with Crippen LogP contribution >= 0.6 is 0 Å². The third-order valence-electron chi connectivity index (χ3n) is 5.14. The second-order valence-electron chi connectivity index (χ2n) is 7.53. The Morgan fingerprint density at radius 3 is 2.39 bits per heavy atom. The Labute approximate surface area is 211 Å². The second kappa shape index (κ2) is 9.88. The Bertz CT molecular complexity index is 1400. The number of methoxy groups -OCH3 is 1. The fourth-order valence-electron chi connectivity index (χ4n) is 3.56. The van der Waals surface area contributed by atoms with Gasteiger partial charge in [0.25, 0.3) is 0 Å². The minimum atomic E-state index is -1.18. The van der Waals surface area contributed by atoms with E-state index < -0.39 is 11.9 Å². The van der Waals surface area contributed by atoms with Crippen molar-refractivity contribution in [1.29, 1.82) is 0 Å². The molecule has 4 aromatic rings. The van der Waals surface area contributed by atoms with Crippen LogP contribution in [0, 0.1) is 0 Å². The zero-order chi connectivity index (χ0) is 23.0. The van der Waals surface area contributed by atoms with Crippen molar-refractivity contribution in [2.45, 2.75) is 0 Å². The van der Waals surface area contributed by atoms with Gasteiger partial charge in [-0.15, -0.1) is 0 Å². The molecule has 0 atom stereocenters. The van der Waals surface area contributed by atoms with E-state index in [1.54, 1.807) is 24.3 Å². The molecule has 0 radical (unpaired) electrons. The molecule has 0 saturated carbocycles. The number of aromatic hydroxyl groups is 1. The summed E-state index contributed by atoms with van der Waals surface area (Å²) in [6.45, 7) is 0.815. The molecular formula is C23H21N4NaO5. The van der Waals surface area contributed by atoms with Crippen molar-refractivity contribution in [2.24, 2.45) is 4.99 Å². The van der Waals surface area contributed by atoms with E-state index in [1.807, 2.05) is 19.0 Å². The van der Waals surface area contributed by atoms with E-state index in [0.29, 0.717) is 28.4 Å². The number of phenolic OH excluding ortho intramolecular Hbond substituents is 1. The van der Waals surface area contributed by atoms with Crippen LogP contribution in [0.15, 0.2) is 41.4 Å². The zero-order valence-corrected chi connectivity index (χ0v) is 20.8. The van der Waals surface area contributed by atoms with Gasteiger partial charge in [0.15, 0.2) is 0 Å². The predicted molar refractivity (Wildman–Crippen MR) is 120 cm³/mol. The van der Waals surface area contributed by atoms with Gasteiger partial charge in [0, 0.05) is 23.4 Å². The van der Waals surface area contributed by atoms with Crippen LogP contribution in [0.25, 0.3) is 32.8 Å². The smallest absolute Gasteiger partial charge is 0.858 e. The number of rotatable bonds is 6. The zero-order valence-electron chi connectivity index (χ0n) is 18.8. The van der Waals surface area contributed by atoms with Gasteiger partial charge in [0.05, 0.1) is 35.8 Å². The summed E-state index contributed by atoms with van der Waals surface area (Å²) in [5.41, 5.74) is 1.09. The Balaban J connectivity index is 0.00000306. The van der Waals surface area contributed by atoms with Crippen molar-refractivity contribution in [3.8, 4) is 11.5 Å². The average molecular weight is 456 g/mol. The standard InChI is InChI=1S/C23H22N4O5.Na/c1-27(2)9-8-24-22(29)18-20-19(12-6-4-5-7-13(12)21(18)28)25-16-11-17(32-3)14(23(30)31)10-15(16)26-20;/h4-7,10-11,28H,8-9H2,1-3H3,(H,24,29)(H,30,31);/q;+1/p-1. The first kappa shape index (κ1) is 24.7. The van der Waals surface area contributed by atoms with Crippen molar-refractivity contribution >= 4 is 44.7 Å². The maximum atomic E-state index is 13.0. The molecule has 1 heterocycles. The van der Waals surface area contributed by atoms with Crippen molar-refractivity contribution in [2.75, 3.05) is 34.3 Å². The molecule has 33 heavy (non-hydrogen) atoms. The normalized spacial score (nSPS) is 11.8. The minimum Gasteiger partial charge on any atom is -0.858 e. The number of hydrogen-bond acceptors (Lipinski definition) is 8. The number of aromatic carboxylic acids is 1. The van der Waals surface area contributed by atoms with Crippen LogP contribution in [-0.2, 0) is 0 Å². The molecule has 0 bridgehead atoms. The summed E-state index contributed by atoms with van der Waals surface area (Å²) in [6, 6.07) is 9.85. The Morgan fingerprint density at radius 2 is 1.76 bits per heavy atom. The number of likely N-dealkylation sites (N-methyl/N-ethyl adjacent to an activating group) is 1. The van der Waals surface area contributed by atoms with E-state index in [0.717, 1.165) is 0 Å². The largest absolute Gasteiger partial charge is 1.00 e. The van der Waals surface area contributed by atoms with Crippen LogP contribution < -0.4 is 39.4 Å². The average Bonchev–Trinajstić information content (AvgIpc) is 2.77. The topological polar surface area (TPSA) is 131 Å². The summed E-state index contributed by atoms with van der Waals surface area (Å²) in [5.74, 6) is -1.87. The minimum absolute atomic E-state index is 0. The molecular weight excluding hydrogens is 435 g/mol. The molecule has 0 aliphatic carbocycles. The van der Waals surface area contributed by atoms with Gasteiger partial charge in [0.1, 0.15) is 22.6 Å². The molecule has 164 valence electrons. The third-order valence-corrected chi connectivity index (χ3v) is 5.14. The maximum Gasteiger partial charge on any atom is 1.00 e. The fourth-order valence-corrected chi connectivity index (χ4v) is 3.56. The molecule has 0 unspecified atom stereocenters. The number of aromatic nitrogens is 2. The molecule has 3 aromatic carbocycles. The van der Waals surface area contributed by atoms with Gasteiger partial charge >= 0.3 is 35.5 Å². The van der Waals surface area contributed by atoms with Gasteiger partial charge in [-0.1, -0.05) is 24.3 Å². The van der Waals surface area contributed by atoms with Crippen LogP contribution in [0.5, 0.6) is 11.5 Å². The summed E-state index contributed by atoms with van der Waals surface area (Å²) in [4.78, 5) is 26.8. The Morgan fingerprint density at radius 1 is 1.12 bits per heavy atom. The SMILES string of the molecule is COc1cc2nc3c(nc2cc1C(=O)O)c(C([O-])=NCCN(C)C)c(O)c1ccccc13.[Na+]. The number of carbonyl (C=O) groups is 1. The first-order valence-electron chi connectivity index (χ1n) is 9.84. The number of ether oxygens (including phenoxy) is 1. The molecule has 0 aliphatic heterocycles. The van der Waals surface area contributed by atoms with E-state index in [1.165, 1.54) is 19.2 Å². The van der Waals surface area contributed by atoms with Gasteiger partial charge in [-0.3, -0.25) is 4.99 Å². The van der Waals surface area contributed by atoms with Crippen molar-refractivity contribution in [1.82, 2.24) is 14.9 Å². The van der Waals surface area contributed by atoms with Gasteiger partial charge in [-0.2, -0.15) is 0 Å². The van der Waals surface area contributed by atoms with Gasteiger partial charge in [-0.05, 0) is 26.1 Å². The maximum absolute atomic E-state index is 13.0. The van der Waals surface area contributed by atoms with Gasteiger partial charge < -0.3 is 25.0 Å². The van der Waals surface area contributed by atoms with Crippen molar-refractivity contribution in [3.05, 3.63) is 47.5 Å². The molecule has 0 fully saturated rings. The van der Waals surface area contributed by atoms with E-state index in [4.69, 9.17) is 4.74 Å². The number of fused-ring (bicyclic) bond motifs is 4. The number of carboxylic acid groups (broad SMARTS) is 1. The number of phenols is 1. The Kier molecular flexibility index (Phi) is 7.38. The summed E-state index contributed by atoms with van der Waals surface area (Å²) in [5, 5.41) is 34.5. The summed E-state index contributed by atoms with van der Waals surface area (Å²) in [7, 11) is 5.12. The van der Waals surface area contributed by atoms with E-state index in [-0.39, 0.29) is 69.8 Å². The van der Waals surface area contributed by atoms with Gasteiger partial charge in [0.2, 0.25) is 0 Å². The number of carboxylic acids is 1. The molecule has 1 aromatic heterocycles. The van der Waals surface area contributed by atoms with Crippen LogP contribution in [0.3, 0.4) is 0 Å². The van der Waals surface area contributed by atoms with E-state index in [2.05, 4.69) is 15.0 Å². The van der Waals surface area contributed by atoms with E-state index in [9.17, 15) is 20.1 Å². The molecule has 0 amide bonds. The molecule has 0 saturated heterocycles. The number of nitrogens with zero attached hydrogens (tertiary/aromatic N) is 4. The summed E-state index contributed by atoms with van der Waals surface area (Å²) in [6.07, 6.45) is 0. The van der Waals surface area contributed by atoms with Crippen LogP contribution in [0.4, 0.5) is 0 Å².